The van der Waals surface area contributed by atoms with Crippen LogP contribution in [0, 0.1) is 0 Å². The van der Waals surface area contributed by atoms with Crippen molar-refractivity contribution in [3.05, 3.63) is 24.4 Å². The molecule has 1 aliphatic heterocycles. The normalized spacial score (nSPS) is 22.0. The number of piperidine rings is 1. The molecule has 1 saturated heterocycles. The third kappa shape index (κ3) is 2.80. The van der Waals surface area contributed by atoms with E-state index in [9.17, 15) is 0 Å². The Balaban J connectivity index is 1.79. The lowest BCUT2D eigenvalue weighted by atomic mass is 9.79. The molecule has 3 rings (SSSR count). The molecule has 4 nitrogen and oxygen atoms in total. The number of nitrogens with one attached hydrogen (secondary N) is 3. The van der Waals surface area contributed by atoms with Crippen LogP contribution in [0.5, 0.6) is 0 Å². The predicted molar refractivity (Wildman–Crippen MR) is 84.0 cm³/mol. The highest BCUT2D eigenvalue weighted by Gasteiger charge is 2.37. The summed E-state index contributed by atoms with van der Waals surface area (Å²) in [5.74, 6) is 0. The monoisotopic (exact) mass is 272 g/mol. The standard InChI is InChI=1S/C16H24N4/c1-15(2)8-13(9-16(3,4)20-15)18-12-5-6-14-11(7-12)10-17-19-14/h5-7,10,13,18,20H,8-9H2,1-4H3,(H,17,19). The summed E-state index contributed by atoms with van der Waals surface area (Å²) in [4.78, 5) is 0. The average molecular weight is 272 g/mol. The fraction of sp³-hybridized carbons (Fsp3) is 0.562. The largest absolute Gasteiger partial charge is 0.382 e. The summed E-state index contributed by atoms with van der Waals surface area (Å²) in [5.41, 5.74) is 2.59. The van der Waals surface area contributed by atoms with Crippen molar-refractivity contribution in [2.24, 2.45) is 0 Å². The van der Waals surface area contributed by atoms with Gasteiger partial charge in [-0.15, -0.1) is 0 Å². The number of aromatic nitrogens is 2. The van der Waals surface area contributed by atoms with Gasteiger partial charge >= 0.3 is 0 Å². The predicted octanol–water partition coefficient (Wildman–Crippen LogP) is 3.28. The summed E-state index contributed by atoms with van der Waals surface area (Å²) in [6.07, 6.45) is 4.12. The van der Waals surface area contributed by atoms with Crippen LogP contribution >= 0.6 is 0 Å². The number of aromatic amines is 1. The number of anilines is 1. The molecular formula is C16H24N4. The topological polar surface area (TPSA) is 52.7 Å². The van der Waals surface area contributed by atoms with Gasteiger partial charge in [-0.3, -0.25) is 5.10 Å². The van der Waals surface area contributed by atoms with Gasteiger partial charge in [0.25, 0.3) is 0 Å². The van der Waals surface area contributed by atoms with Crippen LogP contribution in [0.2, 0.25) is 0 Å². The molecule has 0 unspecified atom stereocenters. The number of hydrogen-bond acceptors (Lipinski definition) is 3. The average Bonchev–Trinajstić information content (AvgIpc) is 2.71. The van der Waals surface area contributed by atoms with E-state index in [1.807, 2.05) is 6.20 Å². The number of hydrogen-bond donors (Lipinski definition) is 3. The Morgan fingerprint density at radius 1 is 1.15 bits per heavy atom. The smallest absolute Gasteiger partial charge is 0.0651 e. The maximum Gasteiger partial charge on any atom is 0.0651 e. The van der Waals surface area contributed by atoms with Crippen LogP contribution < -0.4 is 10.6 Å². The first-order chi connectivity index (χ1) is 9.33. The van der Waals surface area contributed by atoms with E-state index < -0.39 is 0 Å². The number of H-pyrrole nitrogens is 1. The number of benzene rings is 1. The van der Waals surface area contributed by atoms with Crippen LogP contribution in [-0.4, -0.2) is 27.3 Å². The first-order valence-corrected chi connectivity index (χ1v) is 7.32. The zero-order valence-electron chi connectivity index (χ0n) is 12.7. The lowest BCUT2D eigenvalue weighted by Gasteiger charge is -2.47. The van der Waals surface area contributed by atoms with E-state index in [4.69, 9.17) is 0 Å². The Morgan fingerprint density at radius 2 is 1.85 bits per heavy atom. The summed E-state index contributed by atoms with van der Waals surface area (Å²) < 4.78 is 0. The first kappa shape index (κ1) is 13.4. The molecule has 0 saturated carbocycles. The summed E-state index contributed by atoms with van der Waals surface area (Å²) in [6, 6.07) is 6.87. The van der Waals surface area contributed by atoms with Crippen LogP contribution in [0.1, 0.15) is 40.5 Å². The number of fused-ring (bicyclic) bond motifs is 1. The molecule has 108 valence electrons. The van der Waals surface area contributed by atoms with Gasteiger partial charge in [0, 0.05) is 28.2 Å². The molecule has 0 bridgehead atoms. The highest BCUT2D eigenvalue weighted by atomic mass is 15.1. The van der Waals surface area contributed by atoms with Crippen LogP contribution in [0.15, 0.2) is 24.4 Å². The summed E-state index contributed by atoms with van der Waals surface area (Å²) >= 11 is 0. The van der Waals surface area contributed by atoms with Crippen molar-refractivity contribution < 1.29 is 0 Å². The van der Waals surface area contributed by atoms with Crippen molar-refractivity contribution in [1.82, 2.24) is 15.5 Å². The fourth-order valence-electron chi connectivity index (χ4n) is 3.69. The molecule has 1 aromatic heterocycles. The summed E-state index contributed by atoms with van der Waals surface area (Å²) in [5, 5.41) is 15.6. The minimum Gasteiger partial charge on any atom is -0.382 e. The van der Waals surface area contributed by atoms with Crippen LogP contribution in [0.3, 0.4) is 0 Å². The molecule has 0 aliphatic carbocycles. The highest BCUT2D eigenvalue weighted by Crippen LogP contribution is 2.30. The van der Waals surface area contributed by atoms with E-state index >= 15 is 0 Å². The third-order valence-electron chi connectivity index (χ3n) is 4.00. The SMILES string of the molecule is CC1(C)CC(Nc2ccc3[nH]ncc3c2)CC(C)(C)N1. The lowest BCUT2D eigenvalue weighted by Crippen LogP contribution is -2.60. The van der Waals surface area contributed by atoms with Gasteiger partial charge in [0.2, 0.25) is 0 Å². The van der Waals surface area contributed by atoms with Gasteiger partial charge in [-0.1, -0.05) is 0 Å². The van der Waals surface area contributed by atoms with Gasteiger partial charge in [-0.05, 0) is 58.7 Å². The molecule has 2 aromatic rings. The van der Waals surface area contributed by atoms with Gasteiger partial charge in [0.15, 0.2) is 0 Å². The van der Waals surface area contributed by atoms with Gasteiger partial charge in [-0.25, -0.2) is 0 Å². The third-order valence-corrected chi connectivity index (χ3v) is 4.00. The Hall–Kier alpha value is -1.55. The Morgan fingerprint density at radius 3 is 2.55 bits per heavy atom. The second-order valence-electron chi connectivity index (χ2n) is 7.31. The molecule has 0 spiro atoms. The van der Waals surface area contributed by atoms with E-state index in [1.165, 1.54) is 5.69 Å². The van der Waals surface area contributed by atoms with Crippen molar-refractivity contribution in [2.45, 2.75) is 57.7 Å². The minimum absolute atomic E-state index is 0.166. The van der Waals surface area contributed by atoms with Crippen molar-refractivity contribution >= 4 is 16.6 Å². The van der Waals surface area contributed by atoms with Crippen molar-refractivity contribution in [3.8, 4) is 0 Å². The molecule has 4 heteroatoms. The van der Waals surface area contributed by atoms with Crippen molar-refractivity contribution in [2.75, 3.05) is 5.32 Å². The molecule has 1 aromatic carbocycles. The second-order valence-corrected chi connectivity index (χ2v) is 7.31. The molecular weight excluding hydrogens is 248 g/mol. The van der Waals surface area contributed by atoms with Crippen molar-refractivity contribution in [3.63, 3.8) is 0 Å². The number of rotatable bonds is 2. The van der Waals surface area contributed by atoms with Crippen LogP contribution in [-0.2, 0) is 0 Å². The Kier molecular flexibility index (Phi) is 3.01. The highest BCUT2D eigenvalue weighted by molar-refractivity contribution is 5.81. The maximum absolute atomic E-state index is 4.07. The van der Waals surface area contributed by atoms with Gasteiger partial charge in [-0.2, -0.15) is 5.10 Å². The summed E-state index contributed by atoms with van der Waals surface area (Å²) in [7, 11) is 0. The van der Waals surface area contributed by atoms with Crippen molar-refractivity contribution in [1.29, 1.82) is 0 Å². The molecule has 0 radical (unpaired) electrons. The number of nitrogens with zero attached hydrogens (tertiary/aromatic N) is 1. The first-order valence-electron chi connectivity index (χ1n) is 7.32. The molecule has 1 fully saturated rings. The minimum atomic E-state index is 0.166. The van der Waals surface area contributed by atoms with Gasteiger partial charge < -0.3 is 10.6 Å². The fourth-order valence-corrected chi connectivity index (χ4v) is 3.69. The van der Waals surface area contributed by atoms with E-state index in [1.54, 1.807) is 0 Å². The Labute approximate surface area is 120 Å². The molecule has 3 N–H and O–H groups in total. The van der Waals surface area contributed by atoms with E-state index in [2.05, 4.69) is 66.7 Å². The molecule has 0 atom stereocenters. The molecule has 2 heterocycles. The quantitative estimate of drug-likeness (QED) is 0.786. The van der Waals surface area contributed by atoms with E-state index in [0.717, 1.165) is 23.7 Å². The Bertz CT molecular complexity index is 596. The molecule has 1 aliphatic rings. The van der Waals surface area contributed by atoms with Gasteiger partial charge in [0.05, 0.1) is 11.7 Å². The van der Waals surface area contributed by atoms with E-state index in [0.29, 0.717) is 6.04 Å². The zero-order chi connectivity index (χ0) is 14.4. The molecule has 0 amide bonds. The van der Waals surface area contributed by atoms with Gasteiger partial charge in [0.1, 0.15) is 0 Å². The van der Waals surface area contributed by atoms with Crippen LogP contribution in [0.25, 0.3) is 10.9 Å². The zero-order valence-corrected chi connectivity index (χ0v) is 12.7. The summed E-state index contributed by atoms with van der Waals surface area (Å²) in [6.45, 7) is 9.12. The van der Waals surface area contributed by atoms with Crippen LogP contribution in [0.4, 0.5) is 5.69 Å². The lowest BCUT2D eigenvalue weighted by molar-refractivity contribution is 0.170. The van der Waals surface area contributed by atoms with E-state index in [-0.39, 0.29) is 11.1 Å². The second kappa shape index (κ2) is 4.48. The maximum atomic E-state index is 4.07. The molecule has 20 heavy (non-hydrogen) atoms.